The third-order valence-electron chi connectivity index (χ3n) is 1.91. The molecule has 0 aromatic heterocycles. The van der Waals surface area contributed by atoms with Crippen LogP contribution in [0.3, 0.4) is 0 Å². The van der Waals surface area contributed by atoms with Gasteiger partial charge in [0.1, 0.15) is 0 Å². The van der Waals surface area contributed by atoms with E-state index in [1.54, 1.807) is 12.1 Å². The molecule has 0 radical (unpaired) electrons. The van der Waals surface area contributed by atoms with Crippen molar-refractivity contribution >= 4 is 37.8 Å². The second kappa shape index (κ2) is 7.32. The molecule has 0 aliphatic carbocycles. The number of carbonyl (C=O) groups excluding carboxylic acids is 1. The molecule has 1 aromatic carbocycles. The molecule has 0 saturated carbocycles. The lowest BCUT2D eigenvalue weighted by Gasteiger charge is -2.05. The standard InChI is InChI=1S/C10H10Br2N4O/c11-8-4-7(5-9(12)6-8)10(17)14-2-1-3-15-16-13/h4-6H,1-3H2,(H,14,17). The van der Waals surface area contributed by atoms with Gasteiger partial charge in [-0.2, -0.15) is 0 Å². The molecule has 0 aliphatic rings. The van der Waals surface area contributed by atoms with Crippen LogP contribution in [0.2, 0.25) is 0 Å². The fourth-order valence-electron chi connectivity index (χ4n) is 1.18. The van der Waals surface area contributed by atoms with E-state index in [1.807, 2.05) is 6.07 Å². The Bertz CT molecular complexity index is 437. The molecular formula is C10H10Br2N4O. The Morgan fingerprint density at radius 3 is 2.59 bits per heavy atom. The number of halogens is 2. The first kappa shape index (κ1) is 14.0. The Morgan fingerprint density at radius 2 is 2.00 bits per heavy atom. The Morgan fingerprint density at radius 1 is 1.35 bits per heavy atom. The minimum atomic E-state index is -0.145. The van der Waals surface area contributed by atoms with Crippen LogP contribution in [0, 0.1) is 0 Å². The van der Waals surface area contributed by atoms with Gasteiger partial charge in [0.05, 0.1) is 0 Å². The largest absolute Gasteiger partial charge is 0.352 e. The summed E-state index contributed by atoms with van der Waals surface area (Å²) in [6.07, 6.45) is 0.630. The minimum absolute atomic E-state index is 0.145. The van der Waals surface area contributed by atoms with Crippen LogP contribution in [0.15, 0.2) is 32.3 Å². The van der Waals surface area contributed by atoms with Gasteiger partial charge in [0.15, 0.2) is 0 Å². The Kier molecular flexibility index (Phi) is 6.04. The highest BCUT2D eigenvalue weighted by Gasteiger charge is 2.06. The monoisotopic (exact) mass is 360 g/mol. The second-order valence-electron chi connectivity index (χ2n) is 3.22. The average Bonchev–Trinajstić information content (AvgIpc) is 2.27. The number of hydrogen-bond acceptors (Lipinski definition) is 2. The summed E-state index contributed by atoms with van der Waals surface area (Å²) < 4.78 is 1.68. The van der Waals surface area contributed by atoms with Gasteiger partial charge in [-0.05, 0) is 30.2 Å². The average molecular weight is 362 g/mol. The van der Waals surface area contributed by atoms with Gasteiger partial charge in [-0.3, -0.25) is 4.79 Å². The highest BCUT2D eigenvalue weighted by atomic mass is 79.9. The molecule has 17 heavy (non-hydrogen) atoms. The lowest BCUT2D eigenvalue weighted by atomic mass is 10.2. The number of rotatable bonds is 5. The number of azide groups is 1. The van der Waals surface area contributed by atoms with Gasteiger partial charge in [0, 0.05) is 32.5 Å². The third-order valence-corrected chi connectivity index (χ3v) is 2.82. The molecule has 0 bridgehead atoms. The molecule has 1 N–H and O–H groups in total. The highest BCUT2D eigenvalue weighted by Crippen LogP contribution is 2.19. The van der Waals surface area contributed by atoms with Crippen molar-refractivity contribution in [3.05, 3.63) is 43.2 Å². The summed E-state index contributed by atoms with van der Waals surface area (Å²) in [5, 5.41) is 6.13. The van der Waals surface area contributed by atoms with Crippen LogP contribution in [0.1, 0.15) is 16.8 Å². The van der Waals surface area contributed by atoms with Gasteiger partial charge < -0.3 is 5.32 Å². The molecule has 0 fully saturated rings. The highest BCUT2D eigenvalue weighted by molar-refractivity contribution is 9.11. The predicted molar refractivity (Wildman–Crippen MR) is 72.8 cm³/mol. The van der Waals surface area contributed by atoms with E-state index in [0.29, 0.717) is 25.1 Å². The first-order valence-corrected chi connectivity index (χ1v) is 6.47. The summed E-state index contributed by atoms with van der Waals surface area (Å²) in [5.41, 5.74) is 8.65. The van der Waals surface area contributed by atoms with Gasteiger partial charge in [0.2, 0.25) is 0 Å². The molecule has 0 spiro atoms. The number of carbonyl (C=O) groups is 1. The lowest BCUT2D eigenvalue weighted by Crippen LogP contribution is -2.24. The van der Waals surface area contributed by atoms with E-state index in [2.05, 4.69) is 47.2 Å². The Hall–Kier alpha value is -1.04. The fraction of sp³-hybridized carbons (Fsp3) is 0.300. The van der Waals surface area contributed by atoms with Crippen LogP contribution in [0.4, 0.5) is 0 Å². The Balaban J connectivity index is 2.49. The maximum absolute atomic E-state index is 11.7. The molecule has 5 nitrogen and oxygen atoms in total. The summed E-state index contributed by atoms with van der Waals surface area (Å²) >= 11 is 6.64. The van der Waals surface area contributed by atoms with E-state index < -0.39 is 0 Å². The topological polar surface area (TPSA) is 77.9 Å². The summed E-state index contributed by atoms with van der Waals surface area (Å²) in [5.74, 6) is -0.145. The second-order valence-corrected chi connectivity index (χ2v) is 5.05. The third kappa shape index (κ3) is 5.21. The quantitative estimate of drug-likeness (QED) is 0.369. The van der Waals surface area contributed by atoms with E-state index in [1.165, 1.54) is 0 Å². The summed E-state index contributed by atoms with van der Waals surface area (Å²) in [7, 11) is 0. The molecule has 0 aliphatic heterocycles. The van der Waals surface area contributed by atoms with Crippen molar-refractivity contribution in [2.45, 2.75) is 6.42 Å². The van der Waals surface area contributed by atoms with E-state index in [4.69, 9.17) is 5.53 Å². The maximum Gasteiger partial charge on any atom is 0.251 e. The van der Waals surface area contributed by atoms with Gasteiger partial charge in [-0.15, -0.1) is 0 Å². The van der Waals surface area contributed by atoms with Crippen molar-refractivity contribution in [2.24, 2.45) is 5.11 Å². The number of nitrogens with zero attached hydrogens (tertiary/aromatic N) is 3. The molecule has 1 rings (SSSR count). The van der Waals surface area contributed by atoms with Crippen LogP contribution in [0.25, 0.3) is 10.4 Å². The fourth-order valence-corrected chi connectivity index (χ4v) is 2.48. The molecule has 0 heterocycles. The number of amides is 1. The molecule has 0 unspecified atom stereocenters. The van der Waals surface area contributed by atoms with E-state index in [9.17, 15) is 4.79 Å². The van der Waals surface area contributed by atoms with Crippen molar-refractivity contribution in [1.82, 2.24) is 5.32 Å². The van der Waals surface area contributed by atoms with Crippen molar-refractivity contribution < 1.29 is 4.79 Å². The number of benzene rings is 1. The van der Waals surface area contributed by atoms with Crippen LogP contribution < -0.4 is 5.32 Å². The van der Waals surface area contributed by atoms with Crippen molar-refractivity contribution in [3.63, 3.8) is 0 Å². The zero-order valence-corrected chi connectivity index (χ0v) is 12.0. The van der Waals surface area contributed by atoms with E-state index >= 15 is 0 Å². The SMILES string of the molecule is [N-]=[N+]=NCCCNC(=O)c1cc(Br)cc(Br)c1. The van der Waals surface area contributed by atoms with Crippen molar-refractivity contribution in [1.29, 1.82) is 0 Å². The van der Waals surface area contributed by atoms with Crippen molar-refractivity contribution in [2.75, 3.05) is 13.1 Å². The molecule has 1 aromatic rings. The van der Waals surface area contributed by atoms with Gasteiger partial charge in [-0.25, -0.2) is 0 Å². The molecule has 0 saturated heterocycles. The smallest absolute Gasteiger partial charge is 0.251 e. The molecule has 1 amide bonds. The number of nitrogens with one attached hydrogen (secondary N) is 1. The molecule has 0 atom stereocenters. The summed E-state index contributed by atoms with van der Waals surface area (Å²) in [4.78, 5) is 14.4. The first-order valence-electron chi connectivity index (χ1n) is 4.88. The normalized spacial score (nSPS) is 9.53. The number of hydrogen-bond donors (Lipinski definition) is 1. The molecule has 7 heteroatoms. The van der Waals surface area contributed by atoms with Crippen LogP contribution in [0.5, 0.6) is 0 Å². The predicted octanol–water partition coefficient (Wildman–Crippen LogP) is 3.64. The van der Waals surface area contributed by atoms with Gasteiger partial charge in [-0.1, -0.05) is 37.0 Å². The minimum Gasteiger partial charge on any atom is -0.352 e. The van der Waals surface area contributed by atoms with E-state index in [0.717, 1.165) is 8.95 Å². The summed E-state index contributed by atoms with van der Waals surface area (Å²) in [6, 6.07) is 5.35. The maximum atomic E-state index is 11.7. The van der Waals surface area contributed by atoms with Crippen molar-refractivity contribution in [3.8, 4) is 0 Å². The first-order chi connectivity index (χ1) is 8.13. The lowest BCUT2D eigenvalue weighted by molar-refractivity contribution is 0.0953. The van der Waals surface area contributed by atoms with Crippen LogP contribution in [-0.4, -0.2) is 19.0 Å². The zero-order valence-electron chi connectivity index (χ0n) is 8.86. The summed E-state index contributed by atoms with van der Waals surface area (Å²) in [6.45, 7) is 0.876. The van der Waals surface area contributed by atoms with Crippen LogP contribution >= 0.6 is 31.9 Å². The van der Waals surface area contributed by atoms with Gasteiger partial charge >= 0.3 is 0 Å². The molecule has 90 valence electrons. The Labute approximate surface area is 115 Å². The zero-order chi connectivity index (χ0) is 12.7. The van der Waals surface area contributed by atoms with Crippen LogP contribution in [-0.2, 0) is 0 Å². The molecular weight excluding hydrogens is 352 g/mol. The van der Waals surface area contributed by atoms with Gasteiger partial charge in [0.25, 0.3) is 5.91 Å². The van der Waals surface area contributed by atoms with E-state index in [-0.39, 0.29) is 5.91 Å².